The molecule has 0 amide bonds. The van der Waals surface area contributed by atoms with Gasteiger partial charge in [-0.25, -0.2) is 4.98 Å². The summed E-state index contributed by atoms with van der Waals surface area (Å²) >= 11 is 7.16. The summed E-state index contributed by atoms with van der Waals surface area (Å²) in [6.45, 7) is 4.39. The van der Waals surface area contributed by atoms with Crippen molar-refractivity contribution in [3.63, 3.8) is 0 Å². The SMILES string of the molecule is CN(c1nccc2c(Br)cccc12)C(C)(C)CBr. The van der Waals surface area contributed by atoms with E-state index in [0.717, 1.165) is 15.6 Å². The van der Waals surface area contributed by atoms with Crippen molar-refractivity contribution in [2.75, 3.05) is 17.3 Å². The van der Waals surface area contributed by atoms with Crippen molar-refractivity contribution in [2.24, 2.45) is 0 Å². The molecular weight excluding hydrogens is 356 g/mol. The minimum absolute atomic E-state index is 0.0175. The average molecular weight is 372 g/mol. The quantitative estimate of drug-likeness (QED) is 0.732. The first-order chi connectivity index (χ1) is 8.47. The average Bonchev–Trinajstić information content (AvgIpc) is 2.38. The fourth-order valence-electron chi connectivity index (χ4n) is 1.80. The van der Waals surface area contributed by atoms with E-state index in [9.17, 15) is 0 Å². The van der Waals surface area contributed by atoms with Gasteiger partial charge >= 0.3 is 0 Å². The molecule has 2 nitrogen and oxygen atoms in total. The van der Waals surface area contributed by atoms with Crippen LogP contribution in [0, 0.1) is 0 Å². The molecule has 1 aromatic heterocycles. The second-order valence-electron chi connectivity index (χ2n) is 4.97. The fraction of sp³-hybridized carbons (Fsp3) is 0.357. The Bertz CT molecular complexity index is 567. The van der Waals surface area contributed by atoms with Crippen LogP contribution in [0.5, 0.6) is 0 Å². The molecule has 0 atom stereocenters. The summed E-state index contributed by atoms with van der Waals surface area (Å²) in [6, 6.07) is 8.26. The van der Waals surface area contributed by atoms with Crippen LogP contribution in [0.25, 0.3) is 10.8 Å². The molecule has 0 saturated heterocycles. The smallest absolute Gasteiger partial charge is 0.136 e. The highest BCUT2D eigenvalue weighted by Crippen LogP contribution is 2.32. The highest BCUT2D eigenvalue weighted by Gasteiger charge is 2.24. The zero-order valence-electron chi connectivity index (χ0n) is 10.7. The molecule has 0 N–H and O–H groups in total. The van der Waals surface area contributed by atoms with Gasteiger partial charge in [0.15, 0.2) is 0 Å². The summed E-state index contributed by atoms with van der Waals surface area (Å²) < 4.78 is 1.11. The van der Waals surface area contributed by atoms with Crippen molar-refractivity contribution in [1.82, 2.24) is 4.98 Å². The second kappa shape index (κ2) is 5.17. The molecule has 2 rings (SSSR count). The van der Waals surface area contributed by atoms with Crippen molar-refractivity contribution in [2.45, 2.75) is 19.4 Å². The number of rotatable bonds is 3. The van der Waals surface area contributed by atoms with Gasteiger partial charge in [-0.2, -0.15) is 0 Å². The third kappa shape index (κ3) is 2.41. The van der Waals surface area contributed by atoms with Crippen LogP contribution in [0.2, 0.25) is 0 Å². The molecule has 1 heterocycles. The Kier molecular flexibility index (Phi) is 3.97. The first-order valence-corrected chi connectivity index (χ1v) is 7.72. The van der Waals surface area contributed by atoms with E-state index in [4.69, 9.17) is 0 Å². The van der Waals surface area contributed by atoms with Crippen LogP contribution in [-0.2, 0) is 0 Å². The van der Waals surface area contributed by atoms with E-state index >= 15 is 0 Å². The number of benzene rings is 1. The van der Waals surface area contributed by atoms with E-state index in [0.29, 0.717) is 0 Å². The standard InChI is InChI=1S/C14H16Br2N2/c1-14(2,9-15)18(3)13-11-5-4-6-12(16)10(11)7-8-17-13/h4-8H,9H2,1-3H3. The zero-order chi connectivity index (χ0) is 13.3. The number of aromatic nitrogens is 1. The van der Waals surface area contributed by atoms with E-state index in [2.05, 4.69) is 74.8 Å². The van der Waals surface area contributed by atoms with Crippen molar-refractivity contribution in [1.29, 1.82) is 0 Å². The van der Waals surface area contributed by atoms with Crippen LogP contribution in [0.3, 0.4) is 0 Å². The van der Waals surface area contributed by atoms with Gasteiger partial charge in [-0.05, 0) is 26.0 Å². The molecule has 0 aliphatic carbocycles. The van der Waals surface area contributed by atoms with E-state index in [-0.39, 0.29) is 5.54 Å². The van der Waals surface area contributed by atoms with E-state index in [1.807, 2.05) is 18.3 Å². The minimum atomic E-state index is 0.0175. The molecule has 96 valence electrons. The molecule has 2 aromatic rings. The highest BCUT2D eigenvalue weighted by molar-refractivity contribution is 9.10. The Hall–Kier alpha value is -0.610. The molecule has 18 heavy (non-hydrogen) atoms. The summed E-state index contributed by atoms with van der Waals surface area (Å²) in [5, 5.41) is 3.26. The predicted octanol–water partition coefficient (Wildman–Crippen LogP) is 4.61. The highest BCUT2D eigenvalue weighted by atomic mass is 79.9. The molecule has 0 fully saturated rings. The number of nitrogens with zero attached hydrogens (tertiary/aromatic N) is 2. The number of halogens is 2. The summed E-state index contributed by atoms with van der Waals surface area (Å²) in [5.74, 6) is 1.01. The molecule has 4 heteroatoms. The van der Waals surface area contributed by atoms with Crippen LogP contribution >= 0.6 is 31.9 Å². The van der Waals surface area contributed by atoms with Gasteiger partial charge in [0.25, 0.3) is 0 Å². The van der Waals surface area contributed by atoms with Crippen molar-refractivity contribution in [3.05, 3.63) is 34.9 Å². The van der Waals surface area contributed by atoms with E-state index in [1.165, 1.54) is 10.8 Å². The van der Waals surface area contributed by atoms with Crippen LogP contribution in [-0.4, -0.2) is 22.9 Å². The third-order valence-corrected chi connectivity index (χ3v) is 5.35. The van der Waals surface area contributed by atoms with Crippen molar-refractivity contribution >= 4 is 48.5 Å². The summed E-state index contributed by atoms with van der Waals surface area (Å²) in [5.41, 5.74) is 0.0175. The van der Waals surface area contributed by atoms with Crippen LogP contribution in [0.4, 0.5) is 5.82 Å². The number of hydrogen-bond acceptors (Lipinski definition) is 2. The maximum absolute atomic E-state index is 4.55. The normalized spacial score (nSPS) is 11.8. The van der Waals surface area contributed by atoms with E-state index in [1.54, 1.807) is 0 Å². The molecule has 0 aliphatic rings. The lowest BCUT2D eigenvalue weighted by Gasteiger charge is -2.35. The van der Waals surface area contributed by atoms with Gasteiger partial charge in [0.2, 0.25) is 0 Å². The van der Waals surface area contributed by atoms with Gasteiger partial charge < -0.3 is 4.90 Å². The molecule has 0 saturated carbocycles. The first-order valence-electron chi connectivity index (χ1n) is 5.80. The van der Waals surface area contributed by atoms with Crippen molar-refractivity contribution < 1.29 is 0 Å². The van der Waals surface area contributed by atoms with Gasteiger partial charge in [0.05, 0.1) is 0 Å². The summed E-state index contributed by atoms with van der Waals surface area (Å²) in [4.78, 5) is 6.77. The fourth-order valence-corrected chi connectivity index (χ4v) is 2.67. The van der Waals surface area contributed by atoms with Gasteiger partial charge in [0.1, 0.15) is 5.82 Å². The van der Waals surface area contributed by atoms with Gasteiger partial charge in [0, 0.05) is 39.4 Å². The van der Waals surface area contributed by atoms with Crippen LogP contribution < -0.4 is 4.90 Å². The summed E-state index contributed by atoms with van der Waals surface area (Å²) in [6.07, 6.45) is 1.86. The number of pyridine rings is 1. The lowest BCUT2D eigenvalue weighted by molar-refractivity contribution is 0.548. The largest absolute Gasteiger partial charge is 0.353 e. The predicted molar refractivity (Wildman–Crippen MR) is 85.7 cm³/mol. The maximum atomic E-state index is 4.55. The Morgan fingerprint density at radius 2 is 1.94 bits per heavy atom. The Morgan fingerprint density at radius 3 is 2.61 bits per heavy atom. The molecule has 0 bridgehead atoms. The molecule has 0 unspecified atom stereocenters. The van der Waals surface area contributed by atoms with Crippen LogP contribution in [0.15, 0.2) is 34.9 Å². The number of alkyl halides is 1. The minimum Gasteiger partial charge on any atom is -0.353 e. The third-order valence-electron chi connectivity index (χ3n) is 3.28. The lowest BCUT2D eigenvalue weighted by Crippen LogP contribution is -2.43. The first kappa shape index (κ1) is 13.8. The second-order valence-corrected chi connectivity index (χ2v) is 6.39. The van der Waals surface area contributed by atoms with Crippen LogP contribution in [0.1, 0.15) is 13.8 Å². The molecular formula is C14H16Br2N2. The number of fused-ring (bicyclic) bond motifs is 1. The Balaban J connectivity index is 2.62. The maximum Gasteiger partial charge on any atom is 0.136 e. The monoisotopic (exact) mass is 370 g/mol. The Morgan fingerprint density at radius 1 is 1.22 bits per heavy atom. The molecule has 0 radical (unpaired) electrons. The zero-order valence-corrected chi connectivity index (χ0v) is 13.9. The lowest BCUT2D eigenvalue weighted by atomic mass is 10.1. The van der Waals surface area contributed by atoms with Gasteiger partial charge in [-0.1, -0.05) is 44.0 Å². The molecule has 0 spiro atoms. The molecule has 0 aliphatic heterocycles. The number of hydrogen-bond donors (Lipinski definition) is 0. The summed E-state index contributed by atoms with van der Waals surface area (Å²) in [7, 11) is 2.09. The Labute approximate surface area is 125 Å². The van der Waals surface area contributed by atoms with E-state index < -0.39 is 0 Å². The van der Waals surface area contributed by atoms with Gasteiger partial charge in [-0.3, -0.25) is 0 Å². The number of anilines is 1. The van der Waals surface area contributed by atoms with Crippen molar-refractivity contribution in [3.8, 4) is 0 Å². The topological polar surface area (TPSA) is 16.1 Å². The van der Waals surface area contributed by atoms with Gasteiger partial charge in [-0.15, -0.1) is 0 Å². The molecule has 1 aromatic carbocycles.